The first-order valence-corrected chi connectivity index (χ1v) is 8.18. The van der Waals surface area contributed by atoms with Gasteiger partial charge in [0.25, 0.3) is 0 Å². The summed E-state index contributed by atoms with van der Waals surface area (Å²) in [5.41, 5.74) is 0. The summed E-state index contributed by atoms with van der Waals surface area (Å²) < 4.78 is 35.9. The highest BCUT2D eigenvalue weighted by atomic mass is 16.8. The number of fused-ring (bicyclic) bond motifs is 2. The molecule has 0 N–H and O–H groups in total. The minimum Gasteiger partial charge on any atom is -0.376 e. The molecule has 2 saturated carbocycles. The van der Waals surface area contributed by atoms with Crippen LogP contribution < -0.4 is 0 Å². The third-order valence-electron chi connectivity index (χ3n) is 5.52. The van der Waals surface area contributed by atoms with E-state index in [0.29, 0.717) is 0 Å². The fraction of sp³-hybridized carbons (Fsp3) is 1.00. The van der Waals surface area contributed by atoms with Crippen LogP contribution in [0.15, 0.2) is 0 Å². The molecule has 0 aromatic carbocycles. The fourth-order valence-corrected chi connectivity index (χ4v) is 4.41. The first-order chi connectivity index (χ1) is 10.7. The second-order valence-electron chi connectivity index (χ2n) is 6.37. The van der Waals surface area contributed by atoms with E-state index in [1.54, 1.807) is 28.4 Å². The average Bonchev–Trinajstić information content (AvgIpc) is 2.58. The second kappa shape index (κ2) is 6.34. The predicted molar refractivity (Wildman–Crippen MR) is 78.5 cm³/mol. The van der Waals surface area contributed by atoms with Crippen molar-refractivity contribution >= 4 is 0 Å². The molecule has 3 rings (SSSR count). The van der Waals surface area contributed by atoms with E-state index in [2.05, 4.69) is 0 Å². The van der Waals surface area contributed by atoms with Crippen LogP contribution >= 0.6 is 0 Å². The Morgan fingerprint density at radius 3 is 1.41 bits per heavy atom. The molecular formula is C16H28O6. The molecule has 2 aliphatic carbocycles. The molecule has 1 heterocycles. The monoisotopic (exact) mass is 316 g/mol. The summed E-state index contributed by atoms with van der Waals surface area (Å²) in [6.07, 6.45) is 4.87. The summed E-state index contributed by atoms with van der Waals surface area (Å²) in [6.45, 7) is 0. The molecule has 3 fully saturated rings. The molecular weight excluding hydrogens is 288 g/mol. The molecule has 0 unspecified atom stereocenters. The maximum absolute atomic E-state index is 6.48. The van der Waals surface area contributed by atoms with Crippen LogP contribution in [0.25, 0.3) is 0 Å². The molecule has 1 saturated heterocycles. The van der Waals surface area contributed by atoms with Crippen LogP contribution in [0.1, 0.15) is 38.5 Å². The van der Waals surface area contributed by atoms with E-state index in [0.717, 1.165) is 38.5 Å². The first kappa shape index (κ1) is 16.6. The SMILES string of the molecule is CO[C@H]1CCC[C@H]2O[C@]3(OC)[C@H](OC)CCC[C@H]3O[C@@]12OC. The lowest BCUT2D eigenvalue weighted by Crippen LogP contribution is -2.74. The molecule has 6 heteroatoms. The van der Waals surface area contributed by atoms with E-state index in [9.17, 15) is 0 Å². The quantitative estimate of drug-likeness (QED) is 0.789. The molecule has 128 valence electrons. The van der Waals surface area contributed by atoms with Crippen LogP contribution in [-0.2, 0) is 28.4 Å². The minimum absolute atomic E-state index is 0.131. The number of hydrogen-bond acceptors (Lipinski definition) is 6. The Morgan fingerprint density at radius 2 is 1.09 bits per heavy atom. The molecule has 0 aromatic heterocycles. The summed E-state index contributed by atoms with van der Waals surface area (Å²) in [4.78, 5) is 0. The molecule has 0 spiro atoms. The minimum atomic E-state index is -0.852. The van der Waals surface area contributed by atoms with Gasteiger partial charge in [0, 0.05) is 28.4 Å². The second-order valence-corrected chi connectivity index (χ2v) is 6.37. The topological polar surface area (TPSA) is 55.4 Å². The van der Waals surface area contributed by atoms with Gasteiger partial charge in [0.1, 0.15) is 24.4 Å². The third kappa shape index (κ3) is 2.24. The zero-order valence-corrected chi connectivity index (χ0v) is 14.0. The van der Waals surface area contributed by atoms with Gasteiger partial charge in [-0.05, 0) is 38.5 Å². The van der Waals surface area contributed by atoms with Gasteiger partial charge < -0.3 is 28.4 Å². The first-order valence-electron chi connectivity index (χ1n) is 8.18. The van der Waals surface area contributed by atoms with Crippen LogP contribution in [0.4, 0.5) is 0 Å². The normalized spacial score (nSPS) is 48.5. The van der Waals surface area contributed by atoms with Gasteiger partial charge in [-0.3, -0.25) is 0 Å². The van der Waals surface area contributed by atoms with E-state index in [4.69, 9.17) is 28.4 Å². The molecule has 0 radical (unpaired) electrons. The Bertz CT molecular complexity index is 355. The van der Waals surface area contributed by atoms with E-state index in [-0.39, 0.29) is 24.4 Å². The van der Waals surface area contributed by atoms with Crippen molar-refractivity contribution in [2.75, 3.05) is 28.4 Å². The van der Waals surface area contributed by atoms with Crippen molar-refractivity contribution in [2.45, 2.75) is 74.5 Å². The molecule has 1 aliphatic heterocycles. The lowest BCUT2D eigenvalue weighted by atomic mass is 9.81. The zero-order valence-electron chi connectivity index (χ0n) is 14.0. The van der Waals surface area contributed by atoms with E-state index in [1.165, 1.54) is 0 Å². The number of hydrogen-bond donors (Lipinski definition) is 0. The maximum atomic E-state index is 6.48. The molecule has 3 aliphatic rings. The molecule has 0 aromatic rings. The number of rotatable bonds is 4. The number of methoxy groups -OCH3 is 4. The highest BCUT2D eigenvalue weighted by Gasteiger charge is 2.65. The predicted octanol–water partition coefficient (Wildman–Crippen LogP) is 1.85. The Balaban J connectivity index is 1.95. The van der Waals surface area contributed by atoms with Crippen molar-refractivity contribution in [1.29, 1.82) is 0 Å². The lowest BCUT2D eigenvalue weighted by molar-refractivity contribution is -0.474. The average molecular weight is 316 g/mol. The summed E-state index contributed by atoms with van der Waals surface area (Å²) >= 11 is 0. The Morgan fingerprint density at radius 1 is 0.682 bits per heavy atom. The van der Waals surface area contributed by atoms with Gasteiger partial charge in [0.2, 0.25) is 11.6 Å². The Kier molecular flexibility index (Phi) is 4.79. The molecule has 0 bridgehead atoms. The molecule has 6 atom stereocenters. The van der Waals surface area contributed by atoms with Gasteiger partial charge in [-0.15, -0.1) is 0 Å². The van der Waals surface area contributed by atoms with Crippen molar-refractivity contribution < 1.29 is 28.4 Å². The van der Waals surface area contributed by atoms with Crippen LogP contribution in [0.2, 0.25) is 0 Å². The standard InChI is InChI=1S/C16H28O6/c1-17-11-7-5-9-13-15(11,19-3)21-14-10-6-8-12(18-2)16(14,20-4)22-13/h11-14H,5-10H2,1-4H3/t11-,12+,13-,14-,15-,16+/m1/s1. The van der Waals surface area contributed by atoms with Crippen molar-refractivity contribution in [2.24, 2.45) is 0 Å². The van der Waals surface area contributed by atoms with Gasteiger partial charge in [0.05, 0.1) is 0 Å². The van der Waals surface area contributed by atoms with Crippen molar-refractivity contribution in [3.8, 4) is 0 Å². The summed E-state index contributed by atoms with van der Waals surface area (Å²) in [5, 5.41) is 0. The van der Waals surface area contributed by atoms with Crippen molar-refractivity contribution in [1.82, 2.24) is 0 Å². The van der Waals surface area contributed by atoms with Crippen LogP contribution in [0.5, 0.6) is 0 Å². The van der Waals surface area contributed by atoms with Gasteiger partial charge in [-0.25, -0.2) is 0 Å². The summed E-state index contributed by atoms with van der Waals surface area (Å²) in [5.74, 6) is -1.70. The molecule has 0 amide bonds. The largest absolute Gasteiger partial charge is 0.376 e. The number of ether oxygens (including phenoxy) is 6. The van der Waals surface area contributed by atoms with Crippen molar-refractivity contribution in [3.05, 3.63) is 0 Å². The van der Waals surface area contributed by atoms with E-state index in [1.807, 2.05) is 0 Å². The summed E-state index contributed by atoms with van der Waals surface area (Å²) in [7, 11) is 6.75. The molecule has 6 nitrogen and oxygen atoms in total. The fourth-order valence-electron chi connectivity index (χ4n) is 4.41. The summed E-state index contributed by atoms with van der Waals surface area (Å²) in [6, 6.07) is 0. The third-order valence-corrected chi connectivity index (χ3v) is 5.52. The Labute approximate surface area is 132 Å². The van der Waals surface area contributed by atoms with Crippen molar-refractivity contribution in [3.63, 3.8) is 0 Å². The lowest BCUT2D eigenvalue weighted by Gasteiger charge is -2.59. The van der Waals surface area contributed by atoms with Gasteiger partial charge >= 0.3 is 0 Å². The zero-order chi connectivity index (χ0) is 15.8. The van der Waals surface area contributed by atoms with Gasteiger partial charge in [-0.2, -0.15) is 0 Å². The molecule has 22 heavy (non-hydrogen) atoms. The van der Waals surface area contributed by atoms with Gasteiger partial charge in [0.15, 0.2) is 0 Å². The van der Waals surface area contributed by atoms with Gasteiger partial charge in [-0.1, -0.05) is 0 Å². The highest BCUT2D eigenvalue weighted by Crippen LogP contribution is 2.50. The Hall–Kier alpha value is -0.240. The van der Waals surface area contributed by atoms with E-state index < -0.39 is 11.6 Å². The van der Waals surface area contributed by atoms with E-state index >= 15 is 0 Å². The maximum Gasteiger partial charge on any atom is 0.222 e. The highest BCUT2D eigenvalue weighted by molar-refractivity contribution is 5.04. The van der Waals surface area contributed by atoms with Crippen LogP contribution in [0.3, 0.4) is 0 Å². The smallest absolute Gasteiger partial charge is 0.222 e. The van der Waals surface area contributed by atoms with Crippen LogP contribution in [0, 0.1) is 0 Å². The van der Waals surface area contributed by atoms with Crippen LogP contribution in [-0.4, -0.2) is 64.4 Å².